The van der Waals surface area contributed by atoms with E-state index in [0.29, 0.717) is 39.0 Å². The highest BCUT2D eigenvalue weighted by molar-refractivity contribution is 7.89. The third kappa shape index (κ3) is 5.62. The summed E-state index contributed by atoms with van der Waals surface area (Å²) in [5.74, 6) is -0.814. The van der Waals surface area contributed by atoms with E-state index in [9.17, 15) is 17.6 Å². The number of nitrogens with zero attached hydrogens (tertiary/aromatic N) is 1. The molecule has 2 aromatic rings. The molecule has 0 aliphatic carbocycles. The van der Waals surface area contributed by atoms with Crippen LogP contribution in [0.15, 0.2) is 59.5 Å². The van der Waals surface area contributed by atoms with E-state index in [2.05, 4.69) is 5.32 Å². The van der Waals surface area contributed by atoms with Crippen LogP contribution in [0.2, 0.25) is 0 Å². The zero-order valence-electron chi connectivity index (χ0n) is 16.1. The van der Waals surface area contributed by atoms with Crippen molar-refractivity contribution < 1.29 is 22.3 Å². The van der Waals surface area contributed by atoms with Crippen LogP contribution in [0, 0.1) is 5.82 Å². The quantitative estimate of drug-likeness (QED) is 0.633. The molecule has 3 rings (SSSR count). The smallest absolute Gasteiger partial charge is 0.243 e. The van der Waals surface area contributed by atoms with Gasteiger partial charge in [0.2, 0.25) is 15.9 Å². The molecule has 0 radical (unpaired) electrons. The normalized spacial score (nSPS) is 17.3. The summed E-state index contributed by atoms with van der Waals surface area (Å²) in [4.78, 5) is 12.5. The monoisotopic (exact) mass is 420 g/mol. The van der Waals surface area contributed by atoms with Crippen molar-refractivity contribution in [1.29, 1.82) is 0 Å². The molecule has 0 bridgehead atoms. The number of amides is 1. The van der Waals surface area contributed by atoms with Crippen molar-refractivity contribution in [2.75, 3.05) is 19.7 Å². The van der Waals surface area contributed by atoms with Crippen LogP contribution in [0.5, 0.6) is 0 Å². The molecule has 1 heterocycles. The van der Waals surface area contributed by atoms with Crippen LogP contribution >= 0.6 is 0 Å². The lowest BCUT2D eigenvalue weighted by molar-refractivity contribution is -0.124. The highest BCUT2D eigenvalue weighted by Crippen LogP contribution is 2.26. The summed E-state index contributed by atoms with van der Waals surface area (Å²) in [6.07, 6.45) is 1.71. The maximum atomic E-state index is 13.1. The first-order valence-corrected chi connectivity index (χ1v) is 11.1. The molecule has 0 saturated carbocycles. The second kappa shape index (κ2) is 9.96. The van der Waals surface area contributed by atoms with Crippen LogP contribution in [-0.4, -0.2) is 44.4 Å². The van der Waals surface area contributed by atoms with Gasteiger partial charge in [-0.15, -0.1) is 0 Å². The molecule has 156 valence electrons. The molecular weight excluding hydrogens is 395 g/mol. The Kier molecular flexibility index (Phi) is 7.35. The van der Waals surface area contributed by atoms with Crippen molar-refractivity contribution in [3.63, 3.8) is 0 Å². The lowest BCUT2D eigenvalue weighted by atomic mass is 10.2. The summed E-state index contributed by atoms with van der Waals surface area (Å²) in [7, 11) is -3.84. The minimum Gasteiger partial charge on any atom is -0.377 e. The third-order valence-corrected chi connectivity index (χ3v) is 6.73. The number of ether oxygens (including phenoxy) is 1. The zero-order valence-corrected chi connectivity index (χ0v) is 16.9. The van der Waals surface area contributed by atoms with Crippen molar-refractivity contribution in [3.8, 4) is 0 Å². The second-order valence-electron chi connectivity index (χ2n) is 6.91. The number of rotatable bonds is 9. The van der Waals surface area contributed by atoms with Crippen molar-refractivity contribution in [3.05, 3.63) is 66.0 Å². The van der Waals surface area contributed by atoms with Gasteiger partial charge in [-0.25, -0.2) is 12.8 Å². The first-order valence-electron chi connectivity index (χ1n) is 9.65. The molecule has 0 aromatic heterocycles. The van der Waals surface area contributed by atoms with Crippen LogP contribution in [0.25, 0.3) is 0 Å². The van der Waals surface area contributed by atoms with Crippen molar-refractivity contribution in [2.45, 2.75) is 36.8 Å². The Morgan fingerprint density at radius 2 is 1.86 bits per heavy atom. The predicted molar refractivity (Wildman–Crippen MR) is 107 cm³/mol. The molecule has 6 nitrogen and oxygen atoms in total. The lowest BCUT2D eigenvalue weighted by Crippen LogP contribution is -2.46. The van der Waals surface area contributed by atoms with E-state index < -0.39 is 21.9 Å². The van der Waals surface area contributed by atoms with Gasteiger partial charge >= 0.3 is 0 Å². The number of nitrogens with one attached hydrogen (secondary N) is 1. The number of sulfonamides is 1. The Labute approximate surface area is 170 Å². The first kappa shape index (κ1) is 21.4. The van der Waals surface area contributed by atoms with E-state index >= 15 is 0 Å². The molecule has 1 aliphatic heterocycles. The fourth-order valence-corrected chi connectivity index (χ4v) is 4.96. The standard InChI is InChI=1S/C21H25FN2O4S/c22-18-9-11-19(12-10-18)29(26,27)24-14-4-8-20(24)21(25)23-13-5-15-28-16-17-6-2-1-3-7-17/h1-3,6-7,9-12,20H,4-5,8,13-16H2,(H,23,25). The van der Waals surface area contributed by atoms with E-state index in [4.69, 9.17) is 4.74 Å². The van der Waals surface area contributed by atoms with E-state index in [1.54, 1.807) is 0 Å². The molecule has 0 spiro atoms. The summed E-state index contributed by atoms with van der Waals surface area (Å²) in [5, 5.41) is 2.80. The van der Waals surface area contributed by atoms with Gasteiger partial charge in [-0.3, -0.25) is 4.79 Å². The van der Waals surface area contributed by atoms with Gasteiger partial charge in [-0.1, -0.05) is 30.3 Å². The molecule has 1 saturated heterocycles. The SMILES string of the molecule is O=C(NCCCOCc1ccccc1)C1CCCN1S(=O)(=O)c1ccc(F)cc1. The van der Waals surface area contributed by atoms with Gasteiger partial charge in [0.1, 0.15) is 11.9 Å². The minimum absolute atomic E-state index is 0.00656. The molecule has 29 heavy (non-hydrogen) atoms. The Morgan fingerprint density at radius 3 is 2.59 bits per heavy atom. The molecule has 1 unspecified atom stereocenters. The minimum atomic E-state index is -3.84. The summed E-state index contributed by atoms with van der Waals surface area (Å²) in [5.41, 5.74) is 1.09. The lowest BCUT2D eigenvalue weighted by Gasteiger charge is -2.23. The average molecular weight is 421 g/mol. The van der Waals surface area contributed by atoms with Crippen molar-refractivity contribution in [2.24, 2.45) is 0 Å². The van der Waals surface area contributed by atoms with Gasteiger partial charge in [-0.05, 0) is 49.1 Å². The first-order chi connectivity index (χ1) is 14.0. The Balaban J connectivity index is 1.46. The molecule has 1 N–H and O–H groups in total. The number of halogens is 1. The third-order valence-electron chi connectivity index (χ3n) is 4.80. The highest BCUT2D eigenvalue weighted by Gasteiger charge is 2.39. The van der Waals surface area contributed by atoms with Crippen LogP contribution < -0.4 is 5.32 Å². The molecule has 8 heteroatoms. The molecule has 1 atom stereocenters. The van der Waals surface area contributed by atoms with Crippen LogP contribution in [-0.2, 0) is 26.2 Å². The van der Waals surface area contributed by atoms with E-state index in [1.807, 2.05) is 30.3 Å². The summed E-state index contributed by atoms with van der Waals surface area (Å²) in [6, 6.07) is 13.7. The predicted octanol–water partition coefficient (Wildman–Crippen LogP) is 2.70. The second-order valence-corrected chi connectivity index (χ2v) is 8.80. The van der Waals surface area contributed by atoms with Gasteiger partial charge in [0.25, 0.3) is 0 Å². The number of hydrogen-bond acceptors (Lipinski definition) is 4. The van der Waals surface area contributed by atoms with Gasteiger partial charge in [-0.2, -0.15) is 4.31 Å². The van der Waals surface area contributed by atoms with E-state index in [-0.39, 0.29) is 17.3 Å². The maximum Gasteiger partial charge on any atom is 0.243 e. The fraction of sp³-hybridized carbons (Fsp3) is 0.381. The summed E-state index contributed by atoms with van der Waals surface area (Å²) >= 11 is 0. The fourth-order valence-electron chi connectivity index (χ4n) is 3.30. The number of benzene rings is 2. The zero-order chi connectivity index (χ0) is 20.7. The largest absolute Gasteiger partial charge is 0.377 e. The molecule has 1 aliphatic rings. The van der Waals surface area contributed by atoms with Gasteiger partial charge in [0, 0.05) is 19.7 Å². The average Bonchev–Trinajstić information content (AvgIpc) is 3.22. The molecule has 2 aromatic carbocycles. The molecular formula is C21H25FN2O4S. The summed E-state index contributed by atoms with van der Waals surface area (Å²) in [6.45, 7) is 1.70. The Bertz CT molecular complexity index is 904. The van der Waals surface area contributed by atoms with E-state index in [1.165, 1.54) is 16.4 Å². The number of carbonyl (C=O) groups is 1. The van der Waals surface area contributed by atoms with Crippen LogP contribution in [0.4, 0.5) is 4.39 Å². The van der Waals surface area contributed by atoms with E-state index in [0.717, 1.165) is 17.7 Å². The van der Waals surface area contributed by atoms with Gasteiger partial charge in [0.05, 0.1) is 11.5 Å². The highest BCUT2D eigenvalue weighted by atomic mass is 32.2. The molecule has 1 fully saturated rings. The summed E-state index contributed by atoms with van der Waals surface area (Å²) < 4.78 is 45.5. The van der Waals surface area contributed by atoms with Gasteiger partial charge < -0.3 is 10.1 Å². The van der Waals surface area contributed by atoms with Crippen LogP contribution in [0.3, 0.4) is 0 Å². The van der Waals surface area contributed by atoms with Gasteiger partial charge in [0.15, 0.2) is 0 Å². The Hall–Kier alpha value is -2.29. The van der Waals surface area contributed by atoms with Crippen LogP contribution in [0.1, 0.15) is 24.8 Å². The Morgan fingerprint density at radius 1 is 1.14 bits per heavy atom. The number of carbonyl (C=O) groups excluding carboxylic acids is 1. The topological polar surface area (TPSA) is 75.7 Å². The van der Waals surface area contributed by atoms with Crippen molar-refractivity contribution >= 4 is 15.9 Å². The maximum absolute atomic E-state index is 13.1. The molecule has 1 amide bonds. The number of hydrogen-bond donors (Lipinski definition) is 1. The van der Waals surface area contributed by atoms with Crippen molar-refractivity contribution in [1.82, 2.24) is 9.62 Å².